The molecule has 0 atom stereocenters. The number of carbonyl (C=O) groups is 1. The van der Waals surface area contributed by atoms with Crippen molar-refractivity contribution in [1.29, 1.82) is 0 Å². The van der Waals surface area contributed by atoms with E-state index in [2.05, 4.69) is 37.1 Å². The Bertz CT molecular complexity index is 652. The molecule has 4 nitrogen and oxygen atoms in total. The highest BCUT2D eigenvalue weighted by atomic mass is 16.5. The third kappa shape index (κ3) is 5.25. The average Bonchev–Trinajstić information content (AvgIpc) is 3.04. The van der Waals surface area contributed by atoms with Crippen LogP contribution in [0.3, 0.4) is 0 Å². The monoisotopic (exact) mass is 374 g/mol. The molecule has 152 valence electrons. The van der Waals surface area contributed by atoms with Crippen LogP contribution in [0.1, 0.15) is 70.1 Å². The van der Waals surface area contributed by atoms with Gasteiger partial charge in [0.25, 0.3) is 0 Å². The van der Waals surface area contributed by atoms with Crippen molar-refractivity contribution in [3.05, 3.63) is 22.8 Å². The van der Waals surface area contributed by atoms with Gasteiger partial charge < -0.3 is 15.0 Å². The molecule has 1 aromatic rings. The van der Waals surface area contributed by atoms with Gasteiger partial charge >= 0.3 is 0 Å². The number of aryl methyl sites for hydroxylation is 2. The molecule has 0 saturated carbocycles. The van der Waals surface area contributed by atoms with Gasteiger partial charge in [0.05, 0.1) is 23.4 Å². The van der Waals surface area contributed by atoms with E-state index >= 15 is 0 Å². The van der Waals surface area contributed by atoms with Crippen molar-refractivity contribution in [2.75, 3.05) is 36.5 Å². The molecule has 0 saturated heterocycles. The lowest BCUT2D eigenvalue weighted by Gasteiger charge is -2.28. The van der Waals surface area contributed by atoms with Crippen LogP contribution < -0.4 is 10.2 Å². The fourth-order valence-electron chi connectivity index (χ4n) is 3.85. The first kappa shape index (κ1) is 21.7. The first-order valence-electron chi connectivity index (χ1n) is 10.6. The SMILES string of the molecule is CCCCCCN1CCc2c(C)cc(C)c(NC(=O)C(C)(C)COCC)c21. The summed E-state index contributed by atoms with van der Waals surface area (Å²) in [6.45, 7) is 15.6. The molecule has 2 rings (SSSR count). The van der Waals surface area contributed by atoms with E-state index in [4.69, 9.17) is 4.74 Å². The fraction of sp³-hybridized carbons (Fsp3) is 0.696. The summed E-state index contributed by atoms with van der Waals surface area (Å²) in [7, 11) is 0. The van der Waals surface area contributed by atoms with Gasteiger partial charge in [-0.05, 0) is 64.2 Å². The number of amides is 1. The van der Waals surface area contributed by atoms with E-state index in [0.717, 1.165) is 30.8 Å². The smallest absolute Gasteiger partial charge is 0.232 e. The lowest BCUT2D eigenvalue weighted by atomic mass is 9.92. The molecule has 0 bridgehead atoms. The number of hydrogen-bond acceptors (Lipinski definition) is 3. The average molecular weight is 375 g/mol. The van der Waals surface area contributed by atoms with Crippen molar-refractivity contribution in [2.24, 2.45) is 5.41 Å². The van der Waals surface area contributed by atoms with Gasteiger partial charge in [-0.25, -0.2) is 0 Å². The number of fused-ring (bicyclic) bond motifs is 1. The molecule has 1 N–H and O–H groups in total. The Balaban J connectivity index is 2.24. The molecule has 0 radical (unpaired) electrons. The molecule has 4 heteroatoms. The van der Waals surface area contributed by atoms with Crippen LogP contribution in [0.4, 0.5) is 11.4 Å². The van der Waals surface area contributed by atoms with Crippen LogP contribution in [0.5, 0.6) is 0 Å². The van der Waals surface area contributed by atoms with Gasteiger partial charge in [-0.15, -0.1) is 0 Å². The predicted molar refractivity (Wildman–Crippen MR) is 115 cm³/mol. The minimum atomic E-state index is -0.551. The van der Waals surface area contributed by atoms with Gasteiger partial charge in [0.1, 0.15) is 0 Å². The van der Waals surface area contributed by atoms with E-state index in [1.807, 2.05) is 20.8 Å². The quantitative estimate of drug-likeness (QED) is 0.569. The molecule has 0 spiro atoms. The first-order chi connectivity index (χ1) is 12.8. The molecule has 0 aromatic heterocycles. The standard InChI is InChI=1S/C23H38N2O2/c1-7-9-10-11-13-25-14-12-19-17(3)15-18(4)20(21(19)25)24-22(26)23(5,6)16-27-8-2/h15H,7-14,16H2,1-6H3,(H,24,26). The first-order valence-corrected chi connectivity index (χ1v) is 10.6. The molecule has 0 unspecified atom stereocenters. The Hall–Kier alpha value is -1.55. The Labute approximate surface area is 165 Å². The fourth-order valence-corrected chi connectivity index (χ4v) is 3.85. The molecule has 1 heterocycles. The van der Waals surface area contributed by atoms with Crippen molar-refractivity contribution in [2.45, 2.75) is 73.6 Å². The number of benzene rings is 1. The second kappa shape index (κ2) is 9.59. The molecule has 1 amide bonds. The Morgan fingerprint density at radius 1 is 1.19 bits per heavy atom. The molecule has 27 heavy (non-hydrogen) atoms. The third-order valence-corrected chi connectivity index (χ3v) is 5.58. The summed E-state index contributed by atoms with van der Waals surface area (Å²) in [5, 5.41) is 3.26. The number of unbranched alkanes of at least 4 members (excludes halogenated alkanes) is 3. The van der Waals surface area contributed by atoms with Crippen molar-refractivity contribution in [3.8, 4) is 0 Å². The second-order valence-electron chi connectivity index (χ2n) is 8.49. The number of carbonyl (C=O) groups excluding carboxylic acids is 1. The Morgan fingerprint density at radius 3 is 2.59 bits per heavy atom. The van der Waals surface area contributed by atoms with Gasteiger partial charge in [0.2, 0.25) is 5.91 Å². The second-order valence-corrected chi connectivity index (χ2v) is 8.49. The van der Waals surface area contributed by atoms with Gasteiger partial charge in [0.15, 0.2) is 0 Å². The number of anilines is 2. The molecule has 0 aliphatic carbocycles. The highest BCUT2D eigenvalue weighted by molar-refractivity contribution is 5.99. The highest BCUT2D eigenvalue weighted by Gasteiger charge is 2.31. The summed E-state index contributed by atoms with van der Waals surface area (Å²) in [6, 6.07) is 2.21. The summed E-state index contributed by atoms with van der Waals surface area (Å²) in [5.41, 5.74) is 5.58. The van der Waals surface area contributed by atoms with Gasteiger partial charge in [-0.2, -0.15) is 0 Å². The zero-order valence-corrected chi connectivity index (χ0v) is 18.2. The number of rotatable bonds is 10. The van der Waals surface area contributed by atoms with Crippen LogP contribution in [0.15, 0.2) is 6.07 Å². The van der Waals surface area contributed by atoms with Crippen LogP contribution in [-0.2, 0) is 16.0 Å². The highest BCUT2D eigenvalue weighted by Crippen LogP contribution is 2.41. The number of nitrogens with one attached hydrogen (secondary N) is 1. The summed E-state index contributed by atoms with van der Waals surface area (Å²) in [4.78, 5) is 15.5. The van der Waals surface area contributed by atoms with E-state index < -0.39 is 5.41 Å². The van der Waals surface area contributed by atoms with Crippen LogP contribution in [-0.4, -0.2) is 32.2 Å². The lowest BCUT2D eigenvalue weighted by Crippen LogP contribution is -2.35. The lowest BCUT2D eigenvalue weighted by molar-refractivity contribution is -0.126. The molecule has 1 aliphatic heterocycles. The van der Waals surface area contributed by atoms with Gasteiger partial charge in [0, 0.05) is 19.7 Å². The van der Waals surface area contributed by atoms with Crippen molar-refractivity contribution >= 4 is 17.3 Å². The van der Waals surface area contributed by atoms with Crippen molar-refractivity contribution in [1.82, 2.24) is 0 Å². The number of nitrogens with zero attached hydrogens (tertiary/aromatic N) is 1. The maximum atomic E-state index is 13.0. The predicted octanol–water partition coefficient (Wildman–Crippen LogP) is 5.25. The van der Waals surface area contributed by atoms with Crippen molar-refractivity contribution in [3.63, 3.8) is 0 Å². The van der Waals surface area contributed by atoms with Crippen LogP contribution in [0.2, 0.25) is 0 Å². The van der Waals surface area contributed by atoms with E-state index in [1.165, 1.54) is 42.5 Å². The molecular weight excluding hydrogens is 336 g/mol. The molecular formula is C23H38N2O2. The van der Waals surface area contributed by atoms with E-state index in [0.29, 0.717) is 13.2 Å². The van der Waals surface area contributed by atoms with E-state index in [9.17, 15) is 4.79 Å². The minimum absolute atomic E-state index is 0.0305. The number of ether oxygens (including phenoxy) is 1. The van der Waals surface area contributed by atoms with Gasteiger partial charge in [-0.3, -0.25) is 4.79 Å². The third-order valence-electron chi connectivity index (χ3n) is 5.58. The van der Waals surface area contributed by atoms with Crippen molar-refractivity contribution < 1.29 is 9.53 Å². The summed E-state index contributed by atoms with van der Waals surface area (Å²) < 4.78 is 5.53. The normalized spacial score (nSPS) is 13.8. The maximum absolute atomic E-state index is 13.0. The summed E-state index contributed by atoms with van der Waals surface area (Å²) >= 11 is 0. The topological polar surface area (TPSA) is 41.6 Å². The van der Waals surface area contributed by atoms with E-state index in [-0.39, 0.29) is 5.91 Å². The molecule has 1 aromatic carbocycles. The minimum Gasteiger partial charge on any atom is -0.381 e. The number of hydrogen-bond donors (Lipinski definition) is 1. The van der Waals surface area contributed by atoms with Crippen LogP contribution in [0, 0.1) is 19.3 Å². The zero-order valence-electron chi connectivity index (χ0n) is 18.2. The van der Waals surface area contributed by atoms with Crippen LogP contribution >= 0.6 is 0 Å². The Kier molecular flexibility index (Phi) is 7.72. The molecule has 1 aliphatic rings. The zero-order chi connectivity index (χ0) is 20.0. The Morgan fingerprint density at radius 2 is 1.93 bits per heavy atom. The van der Waals surface area contributed by atoms with E-state index in [1.54, 1.807) is 0 Å². The van der Waals surface area contributed by atoms with Crippen LogP contribution in [0.25, 0.3) is 0 Å². The molecule has 0 fully saturated rings. The maximum Gasteiger partial charge on any atom is 0.232 e. The summed E-state index contributed by atoms with van der Waals surface area (Å²) in [5.74, 6) is 0.0305. The summed E-state index contributed by atoms with van der Waals surface area (Å²) in [6.07, 6.45) is 6.11. The largest absolute Gasteiger partial charge is 0.381 e. The van der Waals surface area contributed by atoms with Gasteiger partial charge in [-0.1, -0.05) is 32.3 Å².